The van der Waals surface area contributed by atoms with Gasteiger partial charge < -0.3 is 36.2 Å². The highest BCUT2D eigenvalue weighted by Crippen LogP contribution is 2.26. The number of phenolic OH excluding ortho intramolecular Hbond substituents is 1. The van der Waals surface area contributed by atoms with Gasteiger partial charge in [0.05, 0.1) is 23.7 Å². The molecule has 2 aromatic carbocycles. The van der Waals surface area contributed by atoms with Gasteiger partial charge in [0.2, 0.25) is 6.41 Å². The zero-order valence-corrected chi connectivity index (χ0v) is 23.4. The molecule has 0 aliphatic heterocycles. The summed E-state index contributed by atoms with van der Waals surface area (Å²) in [4.78, 5) is 26.8. The molecule has 0 aliphatic rings. The topological polar surface area (TPSA) is 145 Å². The lowest BCUT2D eigenvalue weighted by atomic mass is 10.1. The number of carbonyl (C=O) groups is 2. The Morgan fingerprint density at radius 2 is 1.71 bits per heavy atom. The maximum atomic E-state index is 12.2. The van der Waals surface area contributed by atoms with E-state index in [4.69, 9.17) is 4.74 Å². The Morgan fingerprint density at radius 1 is 0.927 bits per heavy atom. The van der Waals surface area contributed by atoms with Crippen LogP contribution in [0.25, 0.3) is 0 Å². The molecule has 1 atom stereocenters. The molecule has 1 heterocycles. The Balaban J connectivity index is 1.16. The van der Waals surface area contributed by atoms with Crippen LogP contribution < -0.4 is 21.3 Å². The summed E-state index contributed by atoms with van der Waals surface area (Å²) in [6.45, 7) is 2.71. The fraction of sp³-hybridized carbons (Fsp3) is 0.387. The Bertz CT molecular complexity index is 1190. The van der Waals surface area contributed by atoms with Crippen LogP contribution in [-0.4, -0.2) is 53.9 Å². The molecule has 6 N–H and O–H groups in total. The monoisotopic (exact) mass is 563 g/mol. The number of nitrogens with zero attached hydrogens (tertiary/aromatic N) is 1. The van der Waals surface area contributed by atoms with E-state index in [-0.39, 0.29) is 17.5 Å². The zero-order chi connectivity index (χ0) is 29.1. The van der Waals surface area contributed by atoms with Crippen molar-refractivity contribution in [1.82, 2.24) is 10.3 Å². The van der Waals surface area contributed by atoms with Crippen molar-refractivity contribution in [1.29, 1.82) is 0 Å². The Labute approximate surface area is 241 Å². The number of rotatable bonds is 19. The lowest BCUT2D eigenvalue weighted by Gasteiger charge is -2.14. The van der Waals surface area contributed by atoms with E-state index in [1.165, 1.54) is 11.6 Å². The summed E-state index contributed by atoms with van der Waals surface area (Å²) < 4.78 is 5.78. The van der Waals surface area contributed by atoms with Crippen molar-refractivity contribution in [3.8, 4) is 5.75 Å². The highest BCUT2D eigenvalue weighted by atomic mass is 16.5. The summed E-state index contributed by atoms with van der Waals surface area (Å²) in [5.41, 5.74) is 3.48. The predicted octanol–water partition coefficient (Wildman–Crippen LogP) is 5.22. The fourth-order valence-corrected chi connectivity index (χ4v) is 4.27. The van der Waals surface area contributed by atoms with Gasteiger partial charge in [0.1, 0.15) is 5.75 Å². The lowest BCUT2D eigenvalue weighted by Crippen LogP contribution is -2.22. The molecule has 0 aliphatic carbocycles. The molecule has 0 fully saturated rings. The van der Waals surface area contributed by atoms with Crippen LogP contribution in [0.3, 0.4) is 0 Å². The highest BCUT2D eigenvalue weighted by molar-refractivity contribution is 5.99. The SMILES string of the molecule is O=CNc1cc([C@@H](O)CNCCCCCCOCCCCc2cccc(NC(=O)Nc3cccnc3)c2)ccc1O. The van der Waals surface area contributed by atoms with Crippen LogP contribution >= 0.6 is 0 Å². The molecule has 0 saturated heterocycles. The summed E-state index contributed by atoms with van der Waals surface area (Å²) in [6, 6.07) is 15.8. The van der Waals surface area contributed by atoms with Gasteiger partial charge in [-0.3, -0.25) is 9.78 Å². The van der Waals surface area contributed by atoms with E-state index in [1.807, 2.05) is 18.2 Å². The number of aliphatic hydroxyl groups excluding tert-OH is 1. The first kappa shape index (κ1) is 31.5. The number of anilines is 3. The number of ether oxygens (including phenoxy) is 1. The van der Waals surface area contributed by atoms with E-state index >= 15 is 0 Å². The van der Waals surface area contributed by atoms with Crippen LogP contribution in [0.5, 0.6) is 5.75 Å². The maximum Gasteiger partial charge on any atom is 0.323 e. The third-order valence-electron chi connectivity index (χ3n) is 6.46. The van der Waals surface area contributed by atoms with Crippen LogP contribution in [0, 0.1) is 0 Å². The fourth-order valence-electron chi connectivity index (χ4n) is 4.27. The van der Waals surface area contributed by atoms with Crippen molar-refractivity contribution >= 4 is 29.5 Å². The molecule has 0 radical (unpaired) electrons. The van der Waals surface area contributed by atoms with Crippen molar-refractivity contribution in [3.63, 3.8) is 0 Å². The number of aliphatic hydroxyl groups is 1. The molecular weight excluding hydrogens is 522 g/mol. The number of aromatic nitrogens is 1. The highest BCUT2D eigenvalue weighted by Gasteiger charge is 2.10. The minimum absolute atomic E-state index is 0.0365. The maximum absolute atomic E-state index is 12.2. The number of aryl methyl sites for hydroxylation is 1. The van der Waals surface area contributed by atoms with Gasteiger partial charge in [0.25, 0.3) is 0 Å². The third-order valence-corrected chi connectivity index (χ3v) is 6.46. The first-order valence-corrected chi connectivity index (χ1v) is 14.1. The molecule has 10 heteroatoms. The number of urea groups is 1. The quantitative estimate of drug-likeness (QED) is 0.0666. The Kier molecular flexibility index (Phi) is 14.1. The van der Waals surface area contributed by atoms with Crippen molar-refractivity contribution in [2.24, 2.45) is 0 Å². The number of nitrogens with one attached hydrogen (secondary N) is 4. The molecule has 3 rings (SSSR count). The average Bonchev–Trinajstić information content (AvgIpc) is 2.97. The minimum atomic E-state index is -0.721. The number of hydrogen-bond acceptors (Lipinski definition) is 7. The van der Waals surface area contributed by atoms with Gasteiger partial charge in [0, 0.05) is 31.6 Å². The van der Waals surface area contributed by atoms with Crippen molar-refractivity contribution in [3.05, 3.63) is 78.1 Å². The van der Waals surface area contributed by atoms with Gasteiger partial charge in [-0.05, 0) is 86.2 Å². The number of unbranched alkanes of at least 4 members (excludes halogenated alkanes) is 4. The second kappa shape index (κ2) is 18.4. The van der Waals surface area contributed by atoms with Gasteiger partial charge >= 0.3 is 6.03 Å². The van der Waals surface area contributed by atoms with E-state index in [0.29, 0.717) is 24.2 Å². The molecule has 0 saturated carbocycles. The summed E-state index contributed by atoms with van der Waals surface area (Å²) in [7, 11) is 0. The molecule has 1 aromatic heterocycles. The molecule has 0 spiro atoms. The summed E-state index contributed by atoms with van der Waals surface area (Å²) in [5, 5.41) is 31.3. The molecule has 41 heavy (non-hydrogen) atoms. The number of carbonyl (C=O) groups excluding carboxylic acids is 2. The number of amides is 3. The molecule has 220 valence electrons. The van der Waals surface area contributed by atoms with Gasteiger partial charge in [-0.1, -0.05) is 31.0 Å². The third kappa shape index (κ3) is 12.4. The molecule has 3 amide bonds. The second-order valence-electron chi connectivity index (χ2n) is 9.76. The summed E-state index contributed by atoms with van der Waals surface area (Å²) in [6.07, 6.45) is 10.2. The van der Waals surface area contributed by atoms with Gasteiger partial charge in [-0.25, -0.2) is 4.79 Å². The number of pyridine rings is 1. The first-order valence-electron chi connectivity index (χ1n) is 14.1. The zero-order valence-electron chi connectivity index (χ0n) is 23.4. The molecule has 0 unspecified atom stereocenters. The first-order chi connectivity index (χ1) is 20.0. The molecule has 10 nitrogen and oxygen atoms in total. The van der Waals surface area contributed by atoms with Crippen molar-refractivity contribution in [2.75, 3.05) is 42.3 Å². The molecule has 3 aromatic rings. The van der Waals surface area contributed by atoms with E-state index < -0.39 is 6.10 Å². The normalized spacial score (nSPS) is 11.5. The smallest absolute Gasteiger partial charge is 0.323 e. The van der Waals surface area contributed by atoms with Crippen LogP contribution in [0.4, 0.5) is 21.9 Å². The lowest BCUT2D eigenvalue weighted by molar-refractivity contribution is -0.105. The van der Waals surface area contributed by atoms with E-state index in [2.05, 4.69) is 32.3 Å². The van der Waals surface area contributed by atoms with Crippen LogP contribution in [0.1, 0.15) is 55.8 Å². The van der Waals surface area contributed by atoms with E-state index in [1.54, 1.807) is 36.7 Å². The molecular formula is C31H41N5O5. The number of benzene rings is 2. The van der Waals surface area contributed by atoms with E-state index in [0.717, 1.165) is 70.4 Å². The van der Waals surface area contributed by atoms with Gasteiger partial charge in [0.15, 0.2) is 0 Å². The number of aromatic hydroxyl groups is 1. The average molecular weight is 564 g/mol. The van der Waals surface area contributed by atoms with Crippen LogP contribution in [-0.2, 0) is 16.0 Å². The largest absolute Gasteiger partial charge is 0.506 e. The van der Waals surface area contributed by atoms with Crippen molar-refractivity contribution < 1.29 is 24.5 Å². The number of phenols is 1. The predicted molar refractivity (Wildman–Crippen MR) is 161 cm³/mol. The van der Waals surface area contributed by atoms with Gasteiger partial charge in [-0.2, -0.15) is 0 Å². The van der Waals surface area contributed by atoms with E-state index in [9.17, 15) is 19.8 Å². The van der Waals surface area contributed by atoms with Crippen molar-refractivity contribution in [2.45, 2.75) is 51.0 Å². The Hall–Kier alpha value is -3.99. The molecule has 0 bridgehead atoms. The van der Waals surface area contributed by atoms with Crippen LogP contribution in [0.15, 0.2) is 67.0 Å². The minimum Gasteiger partial charge on any atom is -0.506 e. The summed E-state index contributed by atoms with van der Waals surface area (Å²) in [5.74, 6) is -0.0365. The van der Waals surface area contributed by atoms with Crippen LogP contribution in [0.2, 0.25) is 0 Å². The second-order valence-corrected chi connectivity index (χ2v) is 9.76. The summed E-state index contributed by atoms with van der Waals surface area (Å²) >= 11 is 0. The number of hydrogen-bond donors (Lipinski definition) is 6. The standard InChI is InChI=1S/C31H41N5O5/c37-23-34-28-20-25(13-14-29(28)38)30(39)22-33-15-4-1-2-5-17-41-18-6-3-9-24-10-7-11-26(19-24)35-31(40)36-27-12-8-16-32-21-27/h7-8,10-14,16,19-21,23,30,33,38-39H,1-6,9,15,17-18,22H2,(H,34,37)(H2,35,36,40)/t30-/m0/s1. The van der Waals surface area contributed by atoms with Gasteiger partial charge in [-0.15, -0.1) is 0 Å². The Morgan fingerprint density at radius 3 is 2.51 bits per heavy atom.